The molecule has 0 radical (unpaired) electrons. The molecule has 0 heterocycles. The number of benzene rings is 1. The number of hydrogen-bond donors (Lipinski definition) is 0. The molecule has 76 valence electrons. The van der Waals surface area contributed by atoms with Crippen molar-refractivity contribution in [3.05, 3.63) is 37.9 Å². The normalized spacial score (nSPS) is 8.93. The van der Waals surface area contributed by atoms with Gasteiger partial charge in [-0.05, 0) is 12.0 Å². The first-order valence-electron chi connectivity index (χ1n) is 3.65. The van der Waals surface area contributed by atoms with Crippen LogP contribution in [0, 0.1) is 22.0 Å². The number of nitro groups is 1. The first-order valence-corrected chi connectivity index (χ1v) is 4.40. The van der Waals surface area contributed by atoms with Crippen molar-refractivity contribution in [1.29, 1.82) is 0 Å². The van der Waals surface area contributed by atoms with Gasteiger partial charge in [0.2, 0.25) is 0 Å². The van der Waals surface area contributed by atoms with Gasteiger partial charge in [-0.1, -0.05) is 29.1 Å². The lowest BCUT2D eigenvalue weighted by Gasteiger charge is -1.98. The molecule has 0 atom stereocenters. The summed E-state index contributed by atoms with van der Waals surface area (Å²) in [4.78, 5) is 20.0. The molecule has 15 heavy (non-hydrogen) atoms. The van der Waals surface area contributed by atoms with Crippen LogP contribution in [0.2, 0.25) is 10.0 Å². The number of carbonyl (C=O) groups is 1. The number of hydrogen-bond acceptors (Lipinski definition) is 3. The second kappa shape index (κ2) is 4.78. The van der Waals surface area contributed by atoms with E-state index < -0.39 is 4.92 Å². The minimum Gasteiger partial charge on any atom is -0.289 e. The number of halogens is 2. The molecule has 0 amide bonds. The summed E-state index contributed by atoms with van der Waals surface area (Å²) >= 11 is 11.3. The average Bonchev–Trinajstić information content (AvgIpc) is 2.19. The van der Waals surface area contributed by atoms with E-state index in [9.17, 15) is 14.9 Å². The Balaban J connectivity index is 3.41. The Morgan fingerprint density at radius 3 is 2.47 bits per heavy atom. The Bertz CT molecular complexity index is 488. The maximum atomic E-state index is 10.6. The summed E-state index contributed by atoms with van der Waals surface area (Å²) in [6.07, 6.45) is 0.340. The fourth-order valence-electron chi connectivity index (χ4n) is 0.895. The summed E-state index contributed by atoms with van der Waals surface area (Å²) in [5, 5.41) is 10.8. The SMILES string of the molecule is O=CC#Cc1cc(Cl)c(Cl)cc1[N+](=O)[O-]. The van der Waals surface area contributed by atoms with Crippen LogP contribution in [0.25, 0.3) is 0 Å². The third-order valence-electron chi connectivity index (χ3n) is 1.50. The third-order valence-corrected chi connectivity index (χ3v) is 2.22. The van der Waals surface area contributed by atoms with Crippen LogP contribution in [-0.2, 0) is 4.79 Å². The first kappa shape index (κ1) is 11.5. The van der Waals surface area contributed by atoms with E-state index in [2.05, 4.69) is 11.8 Å². The van der Waals surface area contributed by atoms with Crippen LogP contribution in [0.5, 0.6) is 0 Å². The van der Waals surface area contributed by atoms with Gasteiger partial charge >= 0.3 is 0 Å². The maximum absolute atomic E-state index is 10.6. The third kappa shape index (κ3) is 2.69. The van der Waals surface area contributed by atoms with Gasteiger partial charge in [0.1, 0.15) is 5.56 Å². The van der Waals surface area contributed by atoms with E-state index in [0.717, 1.165) is 6.07 Å². The van der Waals surface area contributed by atoms with Crippen molar-refractivity contribution in [2.75, 3.05) is 0 Å². The fraction of sp³-hybridized carbons (Fsp3) is 0. The van der Waals surface area contributed by atoms with Crippen LogP contribution in [0.1, 0.15) is 5.56 Å². The predicted octanol–water partition coefficient (Wildman–Crippen LogP) is 2.45. The van der Waals surface area contributed by atoms with Gasteiger partial charge in [0, 0.05) is 6.07 Å². The lowest BCUT2D eigenvalue weighted by Crippen LogP contribution is -1.92. The number of nitro benzene ring substituents is 1. The molecule has 4 nitrogen and oxygen atoms in total. The van der Waals surface area contributed by atoms with Crippen LogP contribution in [0.15, 0.2) is 12.1 Å². The molecule has 0 N–H and O–H groups in total. The second-order valence-corrected chi connectivity index (χ2v) is 3.24. The second-order valence-electron chi connectivity index (χ2n) is 2.43. The predicted molar refractivity (Wildman–Crippen MR) is 56.1 cm³/mol. The molecule has 0 aromatic heterocycles. The Kier molecular flexibility index (Phi) is 3.67. The molecule has 1 rings (SSSR count). The average molecular weight is 244 g/mol. The molecular formula is C9H3Cl2NO3. The summed E-state index contributed by atoms with van der Waals surface area (Å²) in [5.41, 5.74) is -0.222. The molecule has 0 unspecified atom stereocenters. The zero-order valence-electron chi connectivity index (χ0n) is 7.16. The Labute approximate surface area is 94.9 Å². The van der Waals surface area contributed by atoms with E-state index in [-0.39, 0.29) is 21.3 Å². The zero-order valence-corrected chi connectivity index (χ0v) is 8.67. The number of carbonyl (C=O) groups excluding carboxylic acids is 1. The molecule has 0 saturated carbocycles. The molecular weight excluding hydrogens is 241 g/mol. The van der Waals surface area contributed by atoms with Gasteiger partial charge in [-0.25, -0.2) is 0 Å². The van der Waals surface area contributed by atoms with Crippen LogP contribution in [0.4, 0.5) is 5.69 Å². The molecule has 1 aromatic rings. The van der Waals surface area contributed by atoms with E-state index in [1.54, 1.807) is 0 Å². The van der Waals surface area contributed by atoms with Crippen LogP contribution < -0.4 is 0 Å². The molecule has 0 aliphatic carbocycles. The van der Waals surface area contributed by atoms with E-state index in [0.29, 0.717) is 6.29 Å². The van der Waals surface area contributed by atoms with E-state index in [4.69, 9.17) is 23.2 Å². The molecule has 0 saturated heterocycles. The van der Waals surface area contributed by atoms with Crippen molar-refractivity contribution in [3.8, 4) is 11.8 Å². The van der Waals surface area contributed by atoms with E-state index >= 15 is 0 Å². The Hall–Kier alpha value is -1.57. The highest BCUT2D eigenvalue weighted by atomic mass is 35.5. The van der Waals surface area contributed by atoms with Crippen LogP contribution in [0.3, 0.4) is 0 Å². The summed E-state index contributed by atoms with van der Waals surface area (Å²) in [5.74, 6) is 4.38. The lowest BCUT2D eigenvalue weighted by molar-refractivity contribution is -0.385. The molecule has 0 fully saturated rings. The Morgan fingerprint density at radius 2 is 1.93 bits per heavy atom. The summed E-state index contributed by atoms with van der Waals surface area (Å²) in [6, 6.07) is 2.34. The topological polar surface area (TPSA) is 60.2 Å². The fourth-order valence-corrected chi connectivity index (χ4v) is 1.22. The van der Waals surface area contributed by atoms with Crippen LogP contribution >= 0.6 is 23.2 Å². The summed E-state index contributed by atoms with van der Waals surface area (Å²) in [6.45, 7) is 0. The number of aldehydes is 1. The monoisotopic (exact) mass is 243 g/mol. The molecule has 0 aliphatic heterocycles. The van der Waals surface area contributed by atoms with Gasteiger partial charge in [0.15, 0.2) is 6.29 Å². The van der Waals surface area contributed by atoms with Gasteiger partial charge in [-0.2, -0.15) is 0 Å². The number of nitrogens with zero attached hydrogens (tertiary/aromatic N) is 1. The van der Waals surface area contributed by atoms with Gasteiger partial charge < -0.3 is 0 Å². The van der Waals surface area contributed by atoms with E-state index in [1.165, 1.54) is 6.07 Å². The smallest absolute Gasteiger partial charge is 0.286 e. The summed E-state index contributed by atoms with van der Waals surface area (Å²) < 4.78 is 0. The van der Waals surface area contributed by atoms with Crippen LogP contribution in [-0.4, -0.2) is 11.2 Å². The molecule has 6 heteroatoms. The van der Waals surface area contributed by atoms with Gasteiger partial charge in [-0.15, -0.1) is 0 Å². The minimum atomic E-state index is -0.642. The van der Waals surface area contributed by atoms with Crippen molar-refractivity contribution in [2.45, 2.75) is 0 Å². The maximum Gasteiger partial charge on any atom is 0.286 e. The highest BCUT2D eigenvalue weighted by Gasteiger charge is 2.15. The molecule has 0 bridgehead atoms. The van der Waals surface area contributed by atoms with Crippen molar-refractivity contribution < 1.29 is 9.72 Å². The van der Waals surface area contributed by atoms with Gasteiger partial charge in [-0.3, -0.25) is 14.9 Å². The molecule has 0 spiro atoms. The van der Waals surface area contributed by atoms with Gasteiger partial charge in [0.05, 0.1) is 15.0 Å². The highest BCUT2D eigenvalue weighted by Crippen LogP contribution is 2.29. The zero-order chi connectivity index (χ0) is 11.4. The largest absolute Gasteiger partial charge is 0.289 e. The first-order chi connectivity index (χ1) is 7.06. The Morgan fingerprint density at radius 1 is 1.33 bits per heavy atom. The van der Waals surface area contributed by atoms with Crippen molar-refractivity contribution in [3.63, 3.8) is 0 Å². The van der Waals surface area contributed by atoms with Crippen molar-refractivity contribution >= 4 is 35.2 Å². The quantitative estimate of drug-likeness (QED) is 0.330. The van der Waals surface area contributed by atoms with Crippen molar-refractivity contribution in [2.24, 2.45) is 0 Å². The minimum absolute atomic E-state index is 0.0569. The summed E-state index contributed by atoms with van der Waals surface area (Å²) in [7, 11) is 0. The van der Waals surface area contributed by atoms with Gasteiger partial charge in [0.25, 0.3) is 5.69 Å². The van der Waals surface area contributed by atoms with Crippen molar-refractivity contribution in [1.82, 2.24) is 0 Å². The van der Waals surface area contributed by atoms with E-state index in [1.807, 2.05) is 0 Å². The molecule has 0 aliphatic rings. The number of rotatable bonds is 1. The molecule has 1 aromatic carbocycles. The lowest BCUT2D eigenvalue weighted by atomic mass is 10.2. The standard InChI is InChI=1S/C9H3Cl2NO3/c10-7-4-6(2-1-3-13)9(12(14)15)5-8(7)11/h3-5H. The highest BCUT2D eigenvalue weighted by molar-refractivity contribution is 6.42.